The van der Waals surface area contributed by atoms with Gasteiger partial charge in [0.15, 0.2) is 0 Å². The van der Waals surface area contributed by atoms with Crippen LogP contribution in [0.1, 0.15) is 78.4 Å². The third-order valence-electron chi connectivity index (χ3n) is 12.0. The largest absolute Gasteiger partial charge is 0.354 e. The first kappa shape index (κ1) is 37.8. The molecule has 4 nitrogen and oxygen atoms in total. The Kier molecular flexibility index (Phi) is 9.32. The van der Waals surface area contributed by atoms with Crippen LogP contribution in [0.25, 0.3) is 97.0 Å². The molecule has 0 amide bonds. The van der Waals surface area contributed by atoms with E-state index < -0.39 is 0 Å². The van der Waals surface area contributed by atoms with Gasteiger partial charge in [-0.3, -0.25) is 0 Å². The highest BCUT2D eigenvalue weighted by Crippen LogP contribution is 2.42. The van der Waals surface area contributed by atoms with Crippen LogP contribution in [0, 0.1) is 62.3 Å². The number of H-pyrrole nitrogens is 2. The number of fused-ring (bicyclic) bond motifs is 8. The molecular weight excluding hydrogens is 717 g/mol. The second-order valence-electron chi connectivity index (χ2n) is 16.6. The SMILES string of the molecule is C=Cc1ccc(-c2c3nc(c(-c4c(C)cc(C)cc4C)c4ccc([nH]4)c(-c4c(C)cc(C)cc4C)c4nc(c(-c5c(C)cc(C)cc5C)c5ccc2[nH]5)C=C4)C=C3)cc1. The Morgan fingerprint density at radius 2 is 0.661 bits per heavy atom. The summed E-state index contributed by atoms with van der Waals surface area (Å²) in [4.78, 5) is 19.1. The Morgan fingerprint density at radius 3 is 0.966 bits per heavy atom. The summed E-state index contributed by atoms with van der Waals surface area (Å²) in [5.74, 6) is 0. The number of hydrogen-bond donors (Lipinski definition) is 2. The van der Waals surface area contributed by atoms with Crippen molar-refractivity contribution >= 4 is 52.4 Å². The molecule has 0 saturated carbocycles. The van der Waals surface area contributed by atoms with Crippen LogP contribution in [0.4, 0.5) is 0 Å². The average Bonchev–Trinajstić information content (AvgIpc) is 4.02. The van der Waals surface area contributed by atoms with Crippen LogP contribution < -0.4 is 0 Å². The van der Waals surface area contributed by atoms with E-state index in [9.17, 15) is 0 Å². The molecule has 5 heterocycles. The summed E-state index contributed by atoms with van der Waals surface area (Å²) < 4.78 is 0. The summed E-state index contributed by atoms with van der Waals surface area (Å²) in [6, 6.07) is 31.1. The van der Waals surface area contributed by atoms with Crippen molar-refractivity contribution in [1.82, 2.24) is 19.9 Å². The van der Waals surface area contributed by atoms with Gasteiger partial charge in [-0.05, 0) is 172 Å². The molecule has 9 rings (SSSR count). The number of nitrogens with zero attached hydrogens (tertiary/aromatic N) is 2. The maximum atomic E-state index is 5.61. The predicted octanol–water partition coefficient (Wildman–Crippen LogP) is 14.7. The van der Waals surface area contributed by atoms with Gasteiger partial charge in [-0.25, -0.2) is 9.97 Å². The van der Waals surface area contributed by atoms with Gasteiger partial charge in [0, 0.05) is 44.3 Å². The van der Waals surface area contributed by atoms with Crippen LogP contribution in [-0.4, -0.2) is 19.9 Å². The number of benzene rings is 4. The lowest BCUT2D eigenvalue weighted by atomic mass is 9.92. The number of aryl methyl sites for hydroxylation is 9. The number of aromatic nitrogens is 4. The Morgan fingerprint density at radius 1 is 0.373 bits per heavy atom. The van der Waals surface area contributed by atoms with E-state index in [1.54, 1.807) is 0 Å². The lowest BCUT2D eigenvalue weighted by Gasteiger charge is -2.14. The third-order valence-corrected chi connectivity index (χ3v) is 12.0. The van der Waals surface area contributed by atoms with Crippen molar-refractivity contribution in [1.29, 1.82) is 0 Å². The maximum Gasteiger partial charge on any atom is 0.0737 e. The van der Waals surface area contributed by atoms with Gasteiger partial charge < -0.3 is 9.97 Å². The van der Waals surface area contributed by atoms with Crippen molar-refractivity contribution in [3.8, 4) is 44.5 Å². The number of aromatic amines is 2. The molecule has 4 heteroatoms. The summed E-state index contributed by atoms with van der Waals surface area (Å²) in [5.41, 5.74) is 28.7. The molecule has 2 N–H and O–H groups in total. The number of rotatable bonds is 5. The minimum atomic E-state index is 0.898. The average molecular weight is 767 g/mol. The number of hydrogen-bond acceptors (Lipinski definition) is 2. The minimum absolute atomic E-state index is 0.898. The van der Waals surface area contributed by atoms with E-state index in [2.05, 4.69) is 188 Å². The molecule has 4 aromatic carbocycles. The van der Waals surface area contributed by atoms with Crippen molar-refractivity contribution < 1.29 is 0 Å². The molecule has 59 heavy (non-hydrogen) atoms. The molecule has 290 valence electrons. The highest BCUT2D eigenvalue weighted by molar-refractivity contribution is 6.01. The van der Waals surface area contributed by atoms with Crippen LogP contribution in [0.15, 0.2) is 91.5 Å². The molecule has 8 bridgehead atoms. The highest BCUT2D eigenvalue weighted by atomic mass is 14.8. The Bertz CT molecular complexity index is 3020. The monoisotopic (exact) mass is 766 g/mol. The van der Waals surface area contributed by atoms with E-state index in [0.29, 0.717) is 0 Å². The van der Waals surface area contributed by atoms with E-state index in [1.165, 1.54) is 66.8 Å². The van der Waals surface area contributed by atoms with Gasteiger partial charge in [-0.1, -0.05) is 90.0 Å². The van der Waals surface area contributed by atoms with Crippen LogP contribution >= 0.6 is 0 Å². The second-order valence-corrected chi connectivity index (χ2v) is 16.6. The van der Waals surface area contributed by atoms with Gasteiger partial charge in [-0.2, -0.15) is 0 Å². The number of nitrogens with one attached hydrogen (secondary N) is 2. The van der Waals surface area contributed by atoms with Gasteiger partial charge in [-0.15, -0.1) is 0 Å². The fourth-order valence-electron chi connectivity index (χ4n) is 9.81. The molecule has 2 aliphatic rings. The van der Waals surface area contributed by atoms with Crippen molar-refractivity contribution in [2.24, 2.45) is 0 Å². The summed E-state index contributed by atoms with van der Waals surface area (Å²) >= 11 is 0. The smallest absolute Gasteiger partial charge is 0.0737 e. The maximum absolute atomic E-state index is 5.61. The Hall–Kier alpha value is -6.78. The standard InChI is InChI=1S/C55H50N4/c1-11-39-12-14-40(15-13-39)52-41-16-18-43(56-41)53(49-33(5)24-30(2)25-34(49)6)45-20-22-47(58-45)55(51-37(9)28-32(4)29-38(51)10)48-23-21-46(59-48)54(44-19-17-42(52)57-44)50-35(7)26-31(3)27-36(50)8/h11-29,56,59H,1H2,2-10H3. The zero-order valence-electron chi connectivity index (χ0n) is 35.6. The van der Waals surface area contributed by atoms with E-state index in [4.69, 9.17) is 9.97 Å². The van der Waals surface area contributed by atoms with Crippen LogP contribution in [-0.2, 0) is 0 Å². The van der Waals surface area contributed by atoms with Gasteiger partial charge in [0.25, 0.3) is 0 Å². The van der Waals surface area contributed by atoms with Crippen LogP contribution in [0.2, 0.25) is 0 Å². The van der Waals surface area contributed by atoms with Gasteiger partial charge in [0.1, 0.15) is 0 Å². The quantitative estimate of drug-likeness (QED) is 0.183. The fraction of sp³-hybridized carbons (Fsp3) is 0.164. The van der Waals surface area contributed by atoms with Crippen molar-refractivity contribution in [2.75, 3.05) is 0 Å². The molecule has 0 spiro atoms. The van der Waals surface area contributed by atoms with Crippen molar-refractivity contribution in [3.05, 3.63) is 170 Å². The zero-order valence-corrected chi connectivity index (χ0v) is 35.6. The van der Waals surface area contributed by atoms with Gasteiger partial charge >= 0.3 is 0 Å². The first-order valence-electron chi connectivity index (χ1n) is 20.5. The zero-order chi connectivity index (χ0) is 41.3. The topological polar surface area (TPSA) is 57.4 Å². The summed E-state index contributed by atoms with van der Waals surface area (Å²) in [5, 5.41) is 0. The van der Waals surface area contributed by atoms with Crippen LogP contribution in [0.3, 0.4) is 0 Å². The van der Waals surface area contributed by atoms with Crippen molar-refractivity contribution in [3.63, 3.8) is 0 Å². The lowest BCUT2D eigenvalue weighted by Crippen LogP contribution is -1.96. The molecule has 0 saturated heterocycles. The molecule has 2 aliphatic heterocycles. The van der Waals surface area contributed by atoms with Crippen molar-refractivity contribution in [2.45, 2.75) is 62.3 Å². The molecule has 0 radical (unpaired) electrons. The Balaban J connectivity index is 1.52. The minimum Gasteiger partial charge on any atom is -0.354 e. The van der Waals surface area contributed by atoms with Crippen LogP contribution in [0.5, 0.6) is 0 Å². The Labute approximate surface area is 347 Å². The predicted molar refractivity (Wildman–Crippen MR) is 253 cm³/mol. The van der Waals surface area contributed by atoms with Gasteiger partial charge in [0.05, 0.1) is 22.8 Å². The molecule has 0 unspecified atom stereocenters. The molecule has 0 atom stereocenters. The van der Waals surface area contributed by atoms with E-state index in [-0.39, 0.29) is 0 Å². The highest BCUT2D eigenvalue weighted by Gasteiger charge is 2.22. The molecule has 0 aliphatic carbocycles. The fourth-order valence-corrected chi connectivity index (χ4v) is 9.81. The first-order chi connectivity index (χ1) is 28.4. The normalized spacial score (nSPS) is 12.1. The van der Waals surface area contributed by atoms with E-state index in [1.807, 2.05) is 6.08 Å². The summed E-state index contributed by atoms with van der Waals surface area (Å²) in [6.07, 6.45) is 10.6. The molecular formula is C55H50N4. The summed E-state index contributed by atoms with van der Waals surface area (Å²) in [7, 11) is 0. The van der Waals surface area contributed by atoms with Gasteiger partial charge in [0.2, 0.25) is 0 Å². The van der Waals surface area contributed by atoms with E-state index in [0.717, 1.165) is 78.2 Å². The second kappa shape index (κ2) is 14.6. The molecule has 3 aromatic heterocycles. The third kappa shape index (κ3) is 6.59. The lowest BCUT2D eigenvalue weighted by molar-refractivity contribution is 1.27. The first-order valence-corrected chi connectivity index (χ1v) is 20.5. The molecule has 7 aromatic rings. The van der Waals surface area contributed by atoms with E-state index >= 15 is 0 Å². The molecule has 0 fully saturated rings. The summed E-state index contributed by atoms with van der Waals surface area (Å²) in [6.45, 7) is 23.8.